The smallest absolute Gasteiger partial charge is 0.162 e. The minimum absolute atomic E-state index is 0.0797. The van der Waals surface area contributed by atoms with E-state index in [1.165, 1.54) is 10.8 Å². The second-order valence-corrected chi connectivity index (χ2v) is 5.26. The molecule has 1 aliphatic rings. The zero-order chi connectivity index (χ0) is 13.2. The third-order valence-electron chi connectivity index (χ3n) is 3.28. The van der Waals surface area contributed by atoms with Crippen LogP contribution in [-0.4, -0.2) is 25.3 Å². The molecule has 0 aromatic heterocycles. The predicted molar refractivity (Wildman–Crippen MR) is 77.0 cm³/mol. The Bertz CT molecular complexity index is 580. The Kier molecular flexibility index (Phi) is 3.30. The number of ether oxygens (including phenoxy) is 2. The summed E-state index contributed by atoms with van der Waals surface area (Å²) < 4.78 is 11.8. The molecule has 3 heteroatoms. The van der Waals surface area contributed by atoms with Crippen molar-refractivity contribution in [2.45, 2.75) is 26.0 Å². The molecule has 2 aromatic rings. The number of hydrogen-bond acceptors (Lipinski definition) is 3. The summed E-state index contributed by atoms with van der Waals surface area (Å²) in [7, 11) is 0. The van der Waals surface area contributed by atoms with Gasteiger partial charge in [0.25, 0.3) is 0 Å². The molecule has 1 unspecified atom stereocenters. The molecule has 2 aromatic carbocycles. The molecule has 0 fully saturated rings. The molecule has 0 amide bonds. The van der Waals surface area contributed by atoms with Crippen LogP contribution in [0, 0.1) is 0 Å². The van der Waals surface area contributed by atoms with E-state index in [0.29, 0.717) is 12.6 Å². The predicted octanol–water partition coefficient (Wildman–Crippen LogP) is 2.98. The van der Waals surface area contributed by atoms with Crippen molar-refractivity contribution in [3.05, 3.63) is 36.4 Å². The van der Waals surface area contributed by atoms with Crippen molar-refractivity contribution < 1.29 is 9.47 Å². The Balaban J connectivity index is 1.82. The van der Waals surface area contributed by atoms with Crippen LogP contribution in [0.15, 0.2) is 36.4 Å². The Morgan fingerprint density at radius 3 is 2.53 bits per heavy atom. The van der Waals surface area contributed by atoms with Gasteiger partial charge in [-0.15, -0.1) is 0 Å². The van der Waals surface area contributed by atoms with E-state index in [0.717, 1.165) is 18.0 Å². The summed E-state index contributed by atoms with van der Waals surface area (Å²) >= 11 is 0. The number of hydrogen-bond donors (Lipinski definition) is 1. The van der Waals surface area contributed by atoms with Gasteiger partial charge in [-0.2, -0.15) is 0 Å². The van der Waals surface area contributed by atoms with Gasteiger partial charge in [-0.05, 0) is 22.9 Å². The number of benzene rings is 2. The summed E-state index contributed by atoms with van der Waals surface area (Å²) in [6.07, 6.45) is 0.0797. The average molecular weight is 257 g/mol. The van der Waals surface area contributed by atoms with Crippen molar-refractivity contribution in [2.24, 2.45) is 0 Å². The fourth-order valence-electron chi connectivity index (χ4n) is 2.27. The summed E-state index contributed by atoms with van der Waals surface area (Å²) in [6.45, 7) is 5.67. The van der Waals surface area contributed by atoms with Gasteiger partial charge in [0, 0.05) is 12.6 Å². The molecule has 100 valence electrons. The lowest BCUT2D eigenvalue weighted by Crippen LogP contribution is -2.40. The standard InChI is InChI=1S/C16H19NO2/c1-11(2)17-9-14-10-18-15-7-12-5-3-4-6-13(12)8-16(15)19-14/h3-8,11,14,17H,9-10H2,1-2H3. The van der Waals surface area contributed by atoms with Gasteiger partial charge >= 0.3 is 0 Å². The Morgan fingerprint density at radius 2 is 1.84 bits per heavy atom. The van der Waals surface area contributed by atoms with Gasteiger partial charge in [0.15, 0.2) is 11.5 Å². The van der Waals surface area contributed by atoms with Gasteiger partial charge in [0.1, 0.15) is 12.7 Å². The molecule has 3 nitrogen and oxygen atoms in total. The van der Waals surface area contributed by atoms with Crippen molar-refractivity contribution >= 4 is 10.8 Å². The van der Waals surface area contributed by atoms with E-state index >= 15 is 0 Å². The van der Waals surface area contributed by atoms with E-state index in [9.17, 15) is 0 Å². The molecule has 1 heterocycles. The minimum Gasteiger partial charge on any atom is -0.486 e. The molecule has 0 saturated carbocycles. The lowest BCUT2D eigenvalue weighted by atomic mass is 10.1. The largest absolute Gasteiger partial charge is 0.486 e. The van der Waals surface area contributed by atoms with Gasteiger partial charge in [0.05, 0.1) is 0 Å². The van der Waals surface area contributed by atoms with E-state index < -0.39 is 0 Å². The zero-order valence-electron chi connectivity index (χ0n) is 11.3. The first-order chi connectivity index (χ1) is 9.22. The topological polar surface area (TPSA) is 30.5 Å². The molecule has 1 aliphatic heterocycles. The molecule has 0 saturated heterocycles. The van der Waals surface area contributed by atoms with Crippen molar-refractivity contribution in [3.8, 4) is 11.5 Å². The van der Waals surface area contributed by atoms with Crippen LogP contribution in [0.3, 0.4) is 0 Å². The Labute approximate surface area is 113 Å². The maximum absolute atomic E-state index is 6.00. The highest BCUT2D eigenvalue weighted by molar-refractivity contribution is 5.86. The number of fused-ring (bicyclic) bond motifs is 2. The fraction of sp³-hybridized carbons (Fsp3) is 0.375. The van der Waals surface area contributed by atoms with E-state index in [-0.39, 0.29) is 6.10 Å². The van der Waals surface area contributed by atoms with Gasteiger partial charge in [0.2, 0.25) is 0 Å². The molecule has 3 rings (SSSR count). The molecule has 0 bridgehead atoms. The van der Waals surface area contributed by atoms with Crippen LogP contribution in [0.2, 0.25) is 0 Å². The maximum Gasteiger partial charge on any atom is 0.162 e. The lowest BCUT2D eigenvalue weighted by molar-refractivity contribution is 0.0894. The van der Waals surface area contributed by atoms with E-state index in [4.69, 9.17) is 9.47 Å². The molecule has 0 spiro atoms. The Hall–Kier alpha value is -1.74. The molecule has 0 radical (unpaired) electrons. The average Bonchev–Trinajstić information content (AvgIpc) is 2.42. The highest BCUT2D eigenvalue weighted by atomic mass is 16.6. The van der Waals surface area contributed by atoms with Crippen molar-refractivity contribution in [2.75, 3.05) is 13.2 Å². The summed E-state index contributed by atoms with van der Waals surface area (Å²) in [6, 6.07) is 12.8. The van der Waals surface area contributed by atoms with Gasteiger partial charge in [-0.25, -0.2) is 0 Å². The maximum atomic E-state index is 6.00. The molecule has 19 heavy (non-hydrogen) atoms. The van der Waals surface area contributed by atoms with Crippen LogP contribution in [0.1, 0.15) is 13.8 Å². The Morgan fingerprint density at radius 1 is 1.16 bits per heavy atom. The van der Waals surface area contributed by atoms with Crippen LogP contribution in [0.4, 0.5) is 0 Å². The normalized spacial score (nSPS) is 17.9. The number of rotatable bonds is 3. The molecular weight excluding hydrogens is 238 g/mol. The fourth-order valence-corrected chi connectivity index (χ4v) is 2.27. The molecular formula is C16H19NO2. The molecule has 1 atom stereocenters. The van der Waals surface area contributed by atoms with Crippen LogP contribution in [0.5, 0.6) is 11.5 Å². The van der Waals surface area contributed by atoms with E-state index in [1.807, 2.05) is 12.1 Å². The zero-order valence-corrected chi connectivity index (χ0v) is 11.3. The van der Waals surface area contributed by atoms with Crippen molar-refractivity contribution in [1.82, 2.24) is 5.32 Å². The second-order valence-electron chi connectivity index (χ2n) is 5.26. The van der Waals surface area contributed by atoms with Crippen LogP contribution in [0.25, 0.3) is 10.8 Å². The first-order valence-corrected chi connectivity index (χ1v) is 6.78. The minimum atomic E-state index is 0.0797. The summed E-state index contributed by atoms with van der Waals surface area (Å²) in [5.74, 6) is 1.69. The SMILES string of the molecule is CC(C)NCC1COc2cc3ccccc3cc2O1. The van der Waals surface area contributed by atoms with Crippen LogP contribution >= 0.6 is 0 Å². The summed E-state index contributed by atoms with van der Waals surface area (Å²) in [4.78, 5) is 0. The first kappa shape index (κ1) is 12.3. The van der Waals surface area contributed by atoms with Crippen LogP contribution in [-0.2, 0) is 0 Å². The quantitative estimate of drug-likeness (QED) is 0.917. The van der Waals surface area contributed by atoms with Gasteiger partial charge in [-0.3, -0.25) is 0 Å². The van der Waals surface area contributed by atoms with E-state index in [1.54, 1.807) is 0 Å². The first-order valence-electron chi connectivity index (χ1n) is 6.78. The molecule has 1 N–H and O–H groups in total. The van der Waals surface area contributed by atoms with Crippen molar-refractivity contribution in [3.63, 3.8) is 0 Å². The van der Waals surface area contributed by atoms with Crippen molar-refractivity contribution in [1.29, 1.82) is 0 Å². The highest BCUT2D eigenvalue weighted by Crippen LogP contribution is 2.35. The van der Waals surface area contributed by atoms with Crippen LogP contribution < -0.4 is 14.8 Å². The summed E-state index contributed by atoms with van der Waals surface area (Å²) in [5, 5.41) is 5.74. The highest BCUT2D eigenvalue weighted by Gasteiger charge is 2.21. The van der Waals surface area contributed by atoms with Gasteiger partial charge < -0.3 is 14.8 Å². The second kappa shape index (κ2) is 5.10. The lowest BCUT2D eigenvalue weighted by Gasteiger charge is -2.27. The summed E-state index contributed by atoms with van der Waals surface area (Å²) in [5.41, 5.74) is 0. The third-order valence-corrected chi connectivity index (χ3v) is 3.28. The molecule has 0 aliphatic carbocycles. The monoisotopic (exact) mass is 257 g/mol. The van der Waals surface area contributed by atoms with Gasteiger partial charge in [-0.1, -0.05) is 38.1 Å². The van der Waals surface area contributed by atoms with E-state index in [2.05, 4.69) is 43.4 Å². The third kappa shape index (κ3) is 2.66. The number of nitrogens with one attached hydrogen (secondary N) is 1.